The normalized spacial score (nSPS) is 18.3. The van der Waals surface area contributed by atoms with Crippen molar-refractivity contribution in [2.24, 2.45) is 10.9 Å². The lowest BCUT2D eigenvalue weighted by molar-refractivity contribution is 0.185. The fourth-order valence-electron chi connectivity index (χ4n) is 1.88. The van der Waals surface area contributed by atoms with Crippen molar-refractivity contribution in [3.63, 3.8) is 0 Å². The van der Waals surface area contributed by atoms with Crippen molar-refractivity contribution in [1.29, 1.82) is 0 Å². The van der Waals surface area contributed by atoms with E-state index >= 15 is 0 Å². The van der Waals surface area contributed by atoms with E-state index in [-0.39, 0.29) is 11.8 Å². The zero-order valence-corrected chi connectivity index (χ0v) is 10.6. The van der Waals surface area contributed by atoms with Gasteiger partial charge in [0.05, 0.1) is 5.75 Å². The zero-order chi connectivity index (χ0) is 12.9. The summed E-state index contributed by atoms with van der Waals surface area (Å²) < 4.78 is 21.4. The third-order valence-electron chi connectivity index (χ3n) is 2.85. The van der Waals surface area contributed by atoms with Crippen LogP contribution in [0, 0.1) is 0 Å². The molecule has 100 valence electrons. The van der Waals surface area contributed by atoms with Crippen LogP contribution in [0.1, 0.15) is 19.3 Å². The number of hydrogen-bond acceptors (Lipinski definition) is 4. The van der Waals surface area contributed by atoms with E-state index in [2.05, 4.69) is 5.32 Å². The van der Waals surface area contributed by atoms with Crippen LogP contribution in [0.25, 0.3) is 0 Å². The Balaban J connectivity index is 2.12. The maximum Gasteiger partial charge on any atom is 0.314 e. The van der Waals surface area contributed by atoms with Gasteiger partial charge in [0.2, 0.25) is 10.0 Å². The Hall–Kier alpha value is -0.860. The topological polar surface area (TPSA) is 119 Å². The Labute approximate surface area is 102 Å². The molecule has 0 unspecified atom stereocenters. The Morgan fingerprint density at radius 1 is 1.35 bits per heavy atom. The van der Waals surface area contributed by atoms with Crippen molar-refractivity contribution in [2.45, 2.75) is 25.3 Å². The fraction of sp³-hybridized carbons (Fsp3) is 0.889. The van der Waals surface area contributed by atoms with Crippen molar-refractivity contribution < 1.29 is 13.2 Å². The second kappa shape index (κ2) is 6.18. The molecular weight excluding hydrogens is 244 g/mol. The number of piperidine rings is 1. The van der Waals surface area contributed by atoms with E-state index in [1.807, 2.05) is 0 Å². The highest BCUT2D eigenvalue weighted by Gasteiger charge is 2.20. The van der Waals surface area contributed by atoms with Gasteiger partial charge in [0.25, 0.3) is 0 Å². The first-order chi connectivity index (χ1) is 7.88. The number of nitrogens with two attached hydrogens (primary N) is 2. The lowest BCUT2D eigenvalue weighted by atomic mass is 10.1. The quantitative estimate of drug-likeness (QED) is 0.540. The van der Waals surface area contributed by atoms with Crippen molar-refractivity contribution in [3.8, 4) is 0 Å². The number of amides is 2. The molecule has 1 fully saturated rings. The number of hydrogen-bond donors (Lipinski definition) is 3. The van der Waals surface area contributed by atoms with Gasteiger partial charge in [0.15, 0.2) is 0 Å². The molecule has 17 heavy (non-hydrogen) atoms. The van der Waals surface area contributed by atoms with Crippen LogP contribution in [0.3, 0.4) is 0 Å². The Morgan fingerprint density at radius 3 is 2.41 bits per heavy atom. The maximum absolute atomic E-state index is 10.9. The predicted octanol–water partition coefficient (Wildman–Crippen LogP) is -1.20. The van der Waals surface area contributed by atoms with Crippen LogP contribution in [-0.2, 0) is 10.0 Å². The lowest BCUT2D eigenvalue weighted by Gasteiger charge is -2.31. The first-order valence-electron chi connectivity index (χ1n) is 5.67. The number of rotatable bonds is 5. The van der Waals surface area contributed by atoms with Gasteiger partial charge in [0, 0.05) is 19.1 Å². The van der Waals surface area contributed by atoms with Crippen LogP contribution in [0.5, 0.6) is 0 Å². The summed E-state index contributed by atoms with van der Waals surface area (Å²) in [5.74, 6) is 0.000130. The average Bonchev–Trinajstić information content (AvgIpc) is 2.24. The second-order valence-corrected chi connectivity index (χ2v) is 6.01. The fourth-order valence-corrected chi connectivity index (χ4v) is 2.43. The van der Waals surface area contributed by atoms with Crippen LogP contribution >= 0.6 is 0 Å². The van der Waals surface area contributed by atoms with Gasteiger partial charge in [-0.1, -0.05) is 0 Å². The molecule has 1 rings (SSSR count). The monoisotopic (exact) mass is 264 g/mol. The van der Waals surface area contributed by atoms with Crippen LogP contribution in [0.15, 0.2) is 0 Å². The number of urea groups is 1. The maximum atomic E-state index is 10.9. The molecule has 0 atom stereocenters. The average molecular weight is 264 g/mol. The zero-order valence-electron chi connectivity index (χ0n) is 9.76. The predicted molar refractivity (Wildman–Crippen MR) is 64.8 cm³/mol. The van der Waals surface area contributed by atoms with Gasteiger partial charge >= 0.3 is 6.03 Å². The summed E-state index contributed by atoms with van der Waals surface area (Å²) in [7, 11) is -3.36. The number of sulfonamides is 1. The van der Waals surface area contributed by atoms with Crippen LogP contribution < -0.4 is 16.2 Å². The third-order valence-corrected chi connectivity index (χ3v) is 3.70. The van der Waals surface area contributed by atoms with Crippen molar-refractivity contribution in [2.75, 3.05) is 25.4 Å². The summed E-state index contributed by atoms with van der Waals surface area (Å²) in [6, 6.07) is -0.0521. The molecule has 7 nitrogen and oxygen atoms in total. The number of primary amides is 1. The van der Waals surface area contributed by atoms with E-state index in [1.165, 1.54) is 0 Å². The molecule has 1 aliphatic heterocycles. The molecule has 1 heterocycles. The van der Waals surface area contributed by atoms with Gasteiger partial charge in [-0.05, 0) is 25.8 Å². The van der Waals surface area contributed by atoms with E-state index in [1.54, 1.807) is 4.90 Å². The molecule has 0 aromatic carbocycles. The van der Waals surface area contributed by atoms with Crippen molar-refractivity contribution in [3.05, 3.63) is 0 Å². The number of carbonyl (C=O) groups is 1. The van der Waals surface area contributed by atoms with Gasteiger partial charge in [-0.3, -0.25) is 0 Å². The van der Waals surface area contributed by atoms with Gasteiger partial charge < -0.3 is 16.0 Å². The molecule has 5 N–H and O–H groups in total. The molecule has 0 radical (unpaired) electrons. The molecular formula is C9H20N4O3S. The molecule has 0 saturated carbocycles. The minimum Gasteiger partial charge on any atom is -0.351 e. The molecule has 0 aromatic rings. The van der Waals surface area contributed by atoms with Crippen LogP contribution in [0.4, 0.5) is 4.79 Å². The molecule has 8 heteroatoms. The summed E-state index contributed by atoms with van der Waals surface area (Å²) in [5.41, 5.74) is 5.17. The van der Waals surface area contributed by atoms with Crippen LogP contribution in [-0.4, -0.2) is 50.8 Å². The van der Waals surface area contributed by atoms with Crippen LogP contribution in [0.2, 0.25) is 0 Å². The summed E-state index contributed by atoms with van der Waals surface area (Å²) in [4.78, 5) is 12.5. The summed E-state index contributed by atoms with van der Waals surface area (Å²) in [6.45, 7) is 1.93. The second-order valence-electron chi connectivity index (χ2n) is 4.27. The van der Waals surface area contributed by atoms with Gasteiger partial charge in [-0.2, -0.15) is 0 Å². The molecule has 1 saturated heterocycles. The molecule has 2 amide bonds. The standard InChI is InChI=1S/C9H20N4O3S/c10-9(14)13-5-2-8(3-6-13)12-4-1-7-17(11,15)16/h8,12H,1-7H2,(H2,10,14)(H2,11,15,16). The number of nitrogens with one attached hydrogen (secondary N) is 1. The van der Waals surface area contributed by atoms with E-state index in [4.69, 9.17) is 10.9 Å². The largest absolute Gasteiger partial charge is 0.351 e. The molecule has 0 aliphatic carbocycles. The van der Waals surface area contributed by atoms with Crippen molar-refractivity contribution >= 4 is 16.1 Å². The minimum atomic E-state index is -3.36. The van der Waals surface area contributed by atoms with Gasteiger partial charge in [-0.15, -0.1) is 0 Å². The van der Waals surface area contributed by atoms with E-state index < -0.39 is 10.0 Å². The number of carbonyl (C=O) groups excluding carboxylic acids is 1. The molecule has 0 bridgehead atoms. The van der Waals surface area contributed by atoms with Gasteiger partial charge in [0.1, 0.15) is 0 Å². The minimum absolute atomic E-state index is 0.000130. The van der Waals surface area contributed by atoms with Gasteiger partial charge in [-0.25, -0.2) is 18.4 Å². The third kappa shape index (κ3) is 5.85. The van der Waals surface area contributed by atoms with E-state index in [0.717, 1.165) is 12.8 Å². The number of likely N-dealkylation sites (tertiary alicyclic amines) is 1. The smallest absolute Gasteiger partial charge is 0.314 e. The summed E-state index contributed by atoms with van der Waals surface area (Å²) >= 11 is 0. The Kier molecular flexibility index (Phi) is 5.16. The first kappa shape index (κ1) is 14.2. The highest BCUT2D eigenvalue weighted by atomic mass is 32.2. The number of primary sulfonamides is 1. The molecule has 1 aliphatic rings. The first-order valence-corrected chi connectivity index (χ1v) is 7.38. The Bertz CT molecular complexity index is 349. The highest BCUT2D eigenvalue weighted by Crippen LogP contribution is 2.09. The molecule has 0 spiro atoms. The lowest BCUT2D eigenvalue weighted by Crippen LogP contribution is -2.47. The SMILES string of the molecule is NC(=O)N1CCC(NCCCS(N)(=O)=O)CC1. The van der Waals surface area contributed by atoms with E-state index in [0.29, 0.717) is 32.1 Å². The highest BCUT2D eigenvalue weighted by molar-refractivity contribution is 7.89. The van der Waals surface area contributed by atoms with Crippen molar-refractivity contribution in [1.82, 2.24) is 10.2 Å². The summed E-state index contributed by atoms with van der Waals surface area (Å²) in [6.07, 6.45) is 2.20. The van der Waals surface area contributed by atoms with E-state index in [9.17, 15) is 13.2 Å². The summed E-state index contributed by atoms with van der Waals surface area (Å²) in [5, 5.41) is 8.15. The Morgan fingerprint density at radius 2 is 1.94 bits per heavy atom. The number of nitrogens with zero attached hydrogens (tertiary/aromatic N) is 1. The molecule has 0 aromatic heterocycles.